The van der Waals surface area contributed by atoms with E-state index in [2.05, 4.69) is 24.1 Å². The summed E-state index contributed by atoms with van der Waals surface area (Å²) < 4.78 is 4.69. The van der Waals surface area contributed by atoms with Crippen molar-refractivity contribution in [2.45, 2.75) is 6.04 Å². The van der Waals surface area contributed by atoms with Crippen LogP contribution >= 0.6 is 0 Å². The molecule has 1 unspecified atom stereocenters. The van der Waals surface area contributed by atoms with Crippen LogP contribution in [0.2, 0.25) is 0 Å². The predicted octanol–water partition coefficient (Wildman–Crippen LogP) is 3.00. The molecule has 140 valence electrons. The van der Waals surface area contributed by atoms with E-state index in [1.807, 2.05) is 23.1 Å². The Hall–Kier alpha value is -2.92. The van der Waals surface area contributed by atoms with E-state index in [1.54, 1.807) is 36.4 Å². The number of ether oxygens (including phenoxy) is 1. The summed E-state index contributed by atoms with van der Waals surface area (Å²) in [5.74, 6) is -0.376. The van der Waals surface area contributed by atoms with E-state index in [0.717, 1.165) is 24.2 Å². The highest BCUT2D eigenvalue weighted by atomic mass is 16.5. The molecule has 0 N–H and O–H groups in total. The van der Waals surface area contributed by atoms with Crippen LogP contribution in [-0.4, -0.2) is 55.5 Å². The van der Waals surface area contributed by atoms with E-state index >= 15 is 0 Å². The van der Waals surface area contributed by atoms with Crippen LogP contribution in [0, 0.1) is 0 Å². The Morgan fingerprint density at radius 2 is 1.74 bits per heavy atom. The first kappa shape index (κ1) is 18.9. The highest BCUT2D eigenvalue weighted by Crippen LogP contribution is 2.25. The Labute approximate surface area is 159 Å². The van der Waals surface area contributed by atoms with Gasteiger partial charge < -0.3 is 14.5 Å². The number of rotatable bonds is 4. The molecule has 1 amide bonds. The molecule has 0 spiro atoms. The number of methoxy groups -OCH3 is 1. The molecule has 0 saturated carbocycles. The van der Waals surface area contributed by atoms with E-state index in [9.17, 15) is 9.59 Å². The Balaban J connectivity index is 1.73. The SMILES string of the molecule is COC(=O)c1ccc(/C=C/C(=O)N2CCN(C)CC2c2ccccc2)cc1. The van der Waals surface area contributed by atoms with Crippen molar-refractivity contribution in [3.05, 3.63) is 77.4 Å². The molecule has 1 saturated heterocycles. The first-order valence-electron chi connectivity index (χ1n) is 8.99. The van der Waals surface area contributed by atoms with Gasteiger partial charge in [-0.2, -0.15) is 0 Å². The molecule has 1 atom stereocenters. The molecule has 0 radical (unpaired) electrons. The van der Waals surface area contributed by atoms with Gasteiger partial charge in [-0.3, -0.25) is 4.79 Å². The van der Waals surface area contributed by atoms with Crippen molar-refractivity contribution in [2.75, 3.05) is 33.8 Å². The number of carbonyl (C=O) groups is 2. The summed E-state index contributed by atoms with van der Waals surface area (Å²) in [4.78, 5) is 28.5. The van der Waals surface area contributed by atoms with Gasteiger partial charge >= 0.3 is 5.97 Å². The third-order valence-corrected chi connectivity index (χ3v) is 4.80. The number of likely N-dealkylation sites (N-methyl/N-ethyl adjacent to an activating group) is 1. The largest absolute Gasteiger partial charge is 0.465 e. The quantitative estimate of drug-likeness (QED) is 0.618. The molecular weight excluding hydrogens is 340 g/mol. The van der Waals surface area contributed by atoms with Gasteiger partial charge in [-0.05, 0) is 36.4 Å². The second-order valence-electron chi connectivity index (χ2n) is 6.67. The average Bonchev–Trinajstić information content (AvgIpc) is 2.72. The van der Waals surface area contributed by atoms with E-state index < -0.39 is 0 Å². The maximum absolute atomic E-state index is 12.8. The van der Waals surface area contributed by atoms with Gasteiger partial charge in [-0.25, -0.2) is 4.79 Å². The van der Waals surface area contributed by atoms with Gasteiger partial charge in [0, 0.05) is 25.7 Å². The number of benzene rings is 2. The zero-order valence-corrected chi connectivity index (χ0v) is 15.7. The standard InChI is InChI=1S/C22H24N2O3/c1-23-14-15-24(20(16-23)18-6-4-3-5-7-18)21(25)13-10-17-8-11-19(12-9-17)22(26)27-2/h3-13,20H,14-16H2,1-2H3/b13-10+. The molecule has 2 aromatic rings. The average molecular weight is 364 g/mol. The Kier molecular flexibility index (Phi) is 6.04. The highest BCUT2D eigenvalue weighted by molar-refractivity contribution is 5.93. The van der Waals surface area contributed by atoms with Crippen LogP contribution in [0.25, 0.3) is 6.08 Å². The fraction of sp³-hybridized carbons (Fsp3) is 0.273. The fourth-order valence-corrected chi connectivity index (χ4v) is 3.26. The summed E-state index contributed by atoms with van der Waals surface area (Å²) in [7, 11) is 3.43. The smallest absolute Gasteiger partial charge is 0.337 e. The van der Waals surface area contributed by atoms with Crippen molar-refractivity contribution >= 4 is 18.0 Å². The molecule has 0 aromatic heterocycles. The summed E-state index contributed by atoms with van der Waals surface area (Å²) in [5.41, 5.74) is 2.50. The first-order chi connectivity index (χ1) is 13.1. The van der Waals surface area contributed by atoms with Gasteiger partial charge in [0.15, 0.2) is 0 Å². The monoisotopic (exact) mass is 364 g/mol. The third kappa shape index (κ3) is 4.63. The van der Waals surface area contributed by atoms with E-state index in [1.165, 1.54) is 7.11 Å². The molecule has 27 heavy (non-hydrogen) atoms. The second kappa shape index (κ2) is 8.64. The normalized spacial score (nSPS) is 17.9. The van der Waals surface area contributed by atoms with Gasteiger partial charge in [-0.15, -0.1) is 0 Å². The number of hydrogen-bond donors (Lipinski definition) is 0. The van der Waals surface area contributed by atoms with Gasteiger partial charge in [0.05, 0.1) is 18.7 Å². The first-order valence-corrected chi connectivity index (χ1v) is 8.99. The zero-order chi connectivity index (χ0) is 19.2. The lowest BCUT2D eigenvalue weighted by atomic mass is 10.0. The van der Waals surface area contributed by atoms with E-state index in [0.29, 0.717) is 12.1 Å². The molecule has 1 aliphatic rings. The van der Waals surface area contributed by atoms with Gasteiger partial charge in [0.2, 0.25) is 5.91 Å². The summed E-state index contributed by atoms with van der Waals surface area (Å²) >= 11 is 0. The molecular formula is C22H24N2O3. The number of esters is 1. The topological polar surface area (TPSA) is 49.9 Å². The third-order valence-electron chi connectivity index (χ3n) is 4.80. The molecule has 5 heteroatoms. The van der Waals surface area contributed by atoms with Crippen molar-refractivity contribution in [3.63, 3.8) is 0 Å². The summed E-state index contributed by atoms with van der Waals surface area (Å²) in [6, 6.07) is 17.2. The highest BCUT2D eigenvalue weighted by Gasteiger charge is 2.28. The minimum atomic E-state index is -0.371. The number of amides is 1. The second-order valence-corrected chi connectivity index (χ2v) is 6.67. The lowest BCUT2D eigenvalue weighted by Crippen LogP contribution is -2.48. The fourth-order valence-electron chi connectivity index (χ4n) is 3.26. The van der Waals surface area contributed by atoms with Crippen molar-refractivity contribution in [1.82, 2.24) is 9.80 Å². The molecule has 1 heterocycles. The molecule has 3 rings (SSSR count). The molecule has 2 aromatic carbocycles. The minimum Gasteiger partial charge on any atom is -0.465 e. The molecule has 0 aliphatic carbocycles. The summed E-state index contributed by atoms with van der Waals surface area (Å²) in [6.07, 6.45) is 3.39. The van der Waals surface area contributed by atoms with Crippen LogP contribution in [0.5, 0.6) is 0 Å². The van der Waals surface area contributed by atoms with Crippen molar-refractivity contribution in [3.8, 4) is 0 Å². The van der Waals surface area contributed by atoms with Crippen LogP contribution in [0.1, 0.15) is 27.5 Å². The van der Waals surface area contributed by atoms with Crippen LogP contribution in [0.4, 0.5) is 0 Å². The maximum atomic E-state index is 12.8. The summed E-state index contributed by atoms with van der Waals surface area (Å²) in [5, 5.41) is 0. The van der Waals surface area contributed by atoms with Crippen LogP contribution in [0.3, 0.4) is 0 Å². The van der Waals surface area contributed by atoms with Crippen molar-refractivity contribution in [1.29, 1.82) is 0 Å². The number of nitrogens with zero attached hydrogens (tertiary/aromatic N) is 2. The number of carbonyl (C=O) groups excluding carboxylic acids is 2. The Bertz CT molecular complexity index is 815. The lowest BCUT2D eigenvalue weighted by molar-refractivity contribution is -0.130. The molecule has 1 fully saturated rings. The van der Waals surface area contributed by atoms with Gasteiger partial charge in [0.25, 0.3) is 0 Å². The summed E-state index contributed by atoms with van der Waals surface area (Å²) in [6.45, 7) is 2.37. The van der Waals surface area contributed by atoms with Gasteiger partial charge in [-0.1, -0.05) is 42.5 Å². The predicted molar refractivity (Wildman–Crippen MR) is 105 cm³/mol. The molecule has 0 bridgehead atoms. The number of piperazine rings is 1. The van der Waals surface area contributed by atoms with Crippen molar-refractivity contribution in [2.24, 2.45) is 0 Å². The van der Waals surface area contributed by atoms with Crippen LogP contribution in [0.15, 0.2) is 60.7 Å². The zero-order valence-electron chi connectivity index (χ0n) is 15.7. The van der Waals surface area contributed by atoms with E-state index in [-0.39, 0.29) is 17.9 Å². The maximum Gasteiger partial charge on any atom is 0.337 e. The number of hydrogen-bond acceptors (Lipinski definition) is 4. The van der Waals surface area contributed by atoms with Gasteiger partial charge in [0.1, 0.15) is 0 Å². The minimum absolute atomic E-state index is 0.00556. The molecule has 1 aliphatic heterocycles. The lowest BCUT2D eigenvalue weighted by Gasteiger charge is -2.39. The molecule has 5 nitrogen and oxygen atoms in total. The van der Waals surface area contributed by atoms with Crippen LogP contribution in [-0.2, 0) is 9.53 Å². The van der Waals surface area contributed by atoms with Crippen molar-refractivity contribution < 1.29 is 14.3 Å². The van der Waals surface area contributed by atoms with E-state index in [4.69, 9.17) is 4.74 Å². The Morgan fingerprint density at radius 1 is 1.04 bits per heavy atom. The van der Waals surface area contributed by atoms with Crippen LogP contribution < -0.4 is 0 Å². The Morgan fingerprint density at radius 3 is 2.41 bits per heavy atom.